The van der Waals surface area contributed by atoms with Crippen LogP contribution in [-0.2, 0) is 11.3 Å². The normalized spacial score (nSPS) is 22.4. The molecular weight excluding hydrogens is 338 g/mol. The summed E-state index contributed by atoms with van der Waals surface area (Å²) in [5.41, 5.74) is 2.17. The van der Waals surface area contributed by atoms with Crippen LogP contribution in [0.2, 0.25) is 0 Å². The molecule has 1 amide bonds. The molecule has 5 nitrogen and oxygen atoms in total. The van der Waals surface area contributed by atoms with Gasteiger partial charge in [-0.1, -0.05) is 30.3 Å². The molecule has 2 aliphatic heterocycles. The molecule has 3 heterocycles. The van der Waals surface area contributed by atoms with E-state index in [-0.39, 0.29) is 17.4 Å². The van der Waals surface area contributed by atoms with Gasteiger partial charge in [0.1, 0.15) is 5.75 Å². The number of pyridine rings is 1. The number of rotatable bonds is 4. The highest BCUT2D eigenvalue weighted by Crippen LogP contribution is 2.44. The Bertz CT molecular complexity index is 800. The second-order valence-corrected chi connectivity index (χ2v) is 7.75. The lowest BCUT2D eigenvalue weighted by Gasteiger charge is -2.43. The number of hydrogen-bond donors (Lipinski definition) is 0. The Morgan fingerprint density at radius 1 is 1.19 bits per heavy atom. The van der Waals surface area contributed by atoms with E-state index in [9.17, 15) is 4.79 Å². The molecule has 1 aromatic heterocycles. The quantitative estimate of drug-likeness (QED) is 0.835. The van der Waals surface area contributed by atoms with E-state index in [2.05, 4.69) is 22.0 Å². The van der Waals surface area contributed by atoms with Crippen LogP contribution in [0.25, 0.3) is 0 Å². The van der Waals surface area contributed by atoms with Gasteiger partial charge in [-0.15, -0.1) is 0 Å². The molecule has 2 fully saturated rings. The van der Waals surface area contributed by atoms with Crippen molar-refractivity contribution in [3.8, 4) is 5.75 Å². The first-order valence-electron chi connectivity index (χ1n) is 9.65. The SMILES string of the molecule is COc1ccnc(CN2CCC3(CC2)CC(c2ccccc2)C(=O)N3C)c1. The van der Waals surface area contributed by atoms with Crippen LogP contribution >= 0.6 is 0 Å². The van der Waals surface area contributed by atoms with E-state index < -0.39 is 0 Å². The molecule has 1 aromatic carbocycles. The maximum absolute atomic E-state index is 12.9. The number of aromatic nitrogens is 1. The Labute approximate surface area is 161 Å². The van der Waals surface area contributed by atoms with Crippen molar-refractivity contribution >= 4 is 5.91 Å². The van der Waals surface area contributed by atoms with Crippen molar-refractivity contribution in [3.05, 3.63) is 59.9 Å². The molecule has 2 aromatic rings. The first-order valence-corrected chi connectivity index (χ1v) is 9.65. The lowest BCUT2D eigenvalue weighted by atomic mass is 9.81. The van der Waals surface area contributed by atoms with E-state index in [0.717, 1.165) is 55.9 Å². The van der Waals surface area contributed by atoms with Crippen molar-refractivity contribution in [1.29, 1.82) is 0 Å². The summed E-state index contributed by atoms with van der Waals surface area (Å²) >= 11 is 0. The number of nitrogens with zero attached hydrogens (tertiary/aromatic N) is 3. The number of hydrogen-bond acceptors (Lipinski definition) is 4. The molecule has 2 saturated heterocycles. The van der Waals surface area contributed by atoms with Crippen LogP contribution in [0.5, 0.6) is 5.75 Å². The number of ether oxygens (including phenoxy) is 1. The molecular formula is C22H27N3O2. The molecule has 1 spiro atoms. The fourth-order valence-electron chi connectivity index (χ4n) is 4.58. The minimum absolute atomic E-state index is 0.00259. The molecule has 1 atom stereocenters. The Kier molecular flexibility index (Phi) is 4.87. The zero-order chi connectivity index (χ0) is 18.9. The molecule has 27 heavy (non-hydrogen) atoms. The van der Waals surface area contributed by atoms with Crippen LogP contribution in [0.3, 0.4) is 0 Å². The fraction of sp³-hybridized carbons (Fsp3) is 0.455. The molecule has 5 heteroatoms. The number of benzene rings is 1. The molecule has 2 aliphatic rings. The van der Waals surface area contributed by atoms with Crippen molar-refractivity contribution in [1.82, 2.24) is 14.8 Å². The Morgan fingerprint density at radius 3 is 2.63 bits per heavy atom. The molecule has 0 N–H and O–H groups in total. The van der Waals surface area contributed by atoms with Crippen LogP contribution in [0.1, 0.15) is 36.4 Å². The standard InChI is InChI=1S/C22H27N3O2/c1-24-21(26)20(17-6-4-3-5-7-17)15-22(24)9-12-25(13-10-22)16-18-14-19(27-2)8-11-23-18/h3-8,11,14,20H,9-10,12-13,15-16H2,1-2H3. The summed E-state index contributed by atoms with van der Waals surface area (Å²) in [6, 6.07) is 14.1. The van der Waals surface area contributed by atoms with Crippen molar-refractivity contribution in [3.63, 3.8) is 0 Å². The lowest BCUT2D eigenvalue weighted by molar-refractivity contribution is -0.131. The Hall–Kier alpha value is -2.40. The third kappa shape index (κ3) is 3.44. The highest BCUT2D eigenvalue weighted by Gasteiger charge is 2.50. The average molecular weight is 365 g/mol. The number of likely N-dealkylation sites (tertiary alicyclic amines) is 2. The van der Waals surface area contributed by atoms with Gasteiger partial charge in [0.15, 0.2) is 0 Å². The third-order valence-corrected chi connectivity index (χ3v) is 6.32. The highest BCUT2D eigenvalue weighted by molar-refractivity contribution is 5.87. The fourth-order valence-corrected chi connectivity index (χ4v) is 4.58. The Morgan fingerprint density at radius 2 is 1.93 bits per heavy atom. The summed E-state index contributed by atoms with van der Waals surface area (Å²) < 4.78 is 5.30. The zero-order valence-corrected chi connectivity index (χ0v) is 16.1. The van der Waals surface area contributed by atoms with E-state index in [1.165, 1.54) is 0 Å². The van der Waals surface area contributed by atoms with Gasteiger partial charge >= 0.3 is 0 Å². The second kappa shape index (κ2) is 7.31. The predicted molar refractivity (Wildman–Crippen MR) is 105 cm³/mol. The monoisotopic (exact) mass is 365 g/mol. The smallest absolute Gasteiger partial charge is 0.230 e. The van der Waals surface area contributed by atoms with Gasteiger partial charge in [-0.05, 0) is 30.9 Å². The number of carbonyl (C=O) groups excluding carboxylic acids is 1. The van der Waals surface area contributed by atoms with Gasteiger partial charge in [-0.2, -0.15) is 0 Å². The summed E-state index contributed by atoms with van der Waals surface area (Å²) in [4.78, 5) is 21.8. The van der Waals surface area contributed by atoms with Gasteiger partial charge in [0, 0.05) is 44.5 Å². The molecule has 0 aliphatic carbocycles. The van der Waals surface area contributed by atoms with E-state index in [1.54, 1.807) is 13.3 Å². The van der Waals surface area contributed by atoms with Crippen molar-refractivity contribution in [2.45, 2.75) is 37.3 Å². The summed E-state index contributed by atoms with van der Waals surface area (Å²) in [7, 11) is 3.67. The second-order valence-electron chi connectivity index (χ2n) is 7.75. The molecule has 0 bridgehead atoms. The topological polar surface area (TPSA) is 45.7 Å². The largest absolute Gasteiger partial charge is 0.497 e. The van der Waals surface area contributed by atoms with E-state index in [4.69, 9.17) is 4.74 Å². The minimum Gasteiger partial charge on any atom is -0.497 e. The molecule has 142 valence electrons. The number of methoxy groups -OCH3 is 1. The predicted octanol–water partition coefficient (Wildman–Crippen LogP) is 3.07. The number of carbonyl (C=O) groups is 1. The summed E-state index contributed by atoms with van der Waals surface area (Å²) in [6.45, 7) is 2.79. The lowest BCUT2D eigenvalue weighted by Crippen LogP contribution is -2.51. The van der Waals surface area contributed by atoms with E-state index >= 15 is 0 Å². The minimum atomic E-state index is -0.00407. The van der Waals surface area contributed by atoms with Gasteiger partial charge < -0.3 is 9.64 Å². The third-order valence-electron chi connectivity index (χ3n) is 6.32. The summed E-state index contributed by atoms with van der Waals surface area (Å²) in [5, 5.41) is 0. The average Bonchev–Trinajstić information content (AvgIpc) is 2.96. The van der Waals surface area contributed by atoms with Crippen LogP contribution in [0.4, 0.5) is 0 Å². The van der Waals surface area contributed by atoms with Crippen molar-refractivity contribution in [2.75, 3.05) is 27.2 Å². The number of amides is 1. The molecule has 0 radical (unpaired) electrons. The summed E-state index contributed by atoms with van der Waals surface area (Å²) in [5.74, 6) is 1.12. The molecule has 4 rings (SSSR count). The first-order chi connectivity index (χ1) is 13.1. The van der Waals surface area contributed by atoms with Crippen molar-refractivity contribution < 1.29 is 9.53 Å². The highest BCUT2D eigenvalue weighted by atomic mass is 16.5. The maximum atomic E-state index is 12.9. The summed E-state index contributed by atoms with van der Waals surface area (Å²) in [6.07, 6.45) is 4.76. The van der Waals surface area contributed by atoms with E-state index in [0.29, 0.717) is 0 Å². The zero-order valence-electron chi connectivity index (χ0n) is 16.1. The van der Waals surface area contributed by atoms with Crippen LogP contribution in [0, 0.1) is 0 Å². The Balaban J connectivity index is 1.42. The van der Waals surface area contributed by atoms with Crippen molar-refractivity contribution in [2.24, 2.45) is 0 Å². The van der Waals surface area contributed by atoms with E-state index in [1.807, 2.05) is 42.3 Å². The van der Waals surface area contributed by atoms with Gasteiger partial charge in [0.05, 0.1) is 18.7 Å². The van der Waals surface area contributed by atoms with Gasteiger partial charge in [-0.25, -0.2) is 0 Å². The molecule has 1 unspecified atom stereocenters. The van der Waals surface area contributed by atoms with Crippen LogP contribution < -0.4 is 4.74 Å². The van der Waals surface area contributed by atoms with Crippen LogP contribution in [-0.4, -0.2) is 53.5 Å². The van der Waals surface area contributed by atoms with Gasteiger partial charge in [0.2, 0.25) is 5.91 Å². The molecule has 0 saturated carbocycles. The maximum Gasteiger partial charge on any atom is 0.230 e. The first kappa shape index (κ1) is 18.0. The van der Waals surface area contributed by atoms with Crippen LogP contribution in [0.15, 0.2) is 48.7 Å². The number of piperidine rings is 1. The van der Waals surface area contributed by atoms with Gasteiger partial charge in [0.25, 0.3) is 0 Å². The number of likely N-dealkylation sites (N-methyl/N-ethyl adjacent to an activating group) is 1. The van der Waals surface area contributed by atoms with Gasteiger partial charge in [-0.3, -0.25) is 14.7 Å².